The Kier molecular flexibility index (Phi) is 5.61. The molecule has 0 unspecified atom stereocenters. The molecule has 0 saturated heterocycles. The van der Waals surface area contributed by atoms with E-state index < -0.39 is 0 Å². The summed E-state index contributed by atoms with van der Waals surface area (Å²) in [7, 11) is 0. The van der Waals surface area contributed by atoms with E-state index in [4.69, 9.17) is 4.42 Å². The van der Waals surface area contributed by atoms with Gasteiger partial charge >= 0.3 is 5.69 Å². The van der Waals surface area contributed by atoms with E-state index in [1.807, 2.05) is 36.4 Å². The highest BCUT2D eigenvalue weighted by atomic mass is 32.2. The first-order chi connectivity index (χ1) is 15.2. The van der Waals surface area contributed by atoms with Crippen LogP contribution in [0.4, 0.5) is 5.13 Å². The van der Waals surface area contributed by atoms with Crippen LogP contribution in [0.3, 0.4) is 0 Å². The van der Waals surface area contributed by atoms with Gasteiger partial charge in [-0.3, -0.25) is 9.36 Å². The molecule has 0 saturated carbocycles. The maximum absolute atomic E-state index is 12.8. The van der Waals surface area contributed by atoms with Gasteiger partial charge in [0.25, 0.3) is 0 Å². The molecule has 0 atom stereocenters. The number of aromatic nitrogens is 3. The second-order valence-electron chi connectivity index (χ2n) is 7.32. The fraction of sp³-hybridized carbons (Fsp3) is 0.273. The van der Waals surface area contributed by atoms with Gasteiger partial charge in [-0.05, 0) is 49.9 Å². The van der Waals surface area contributed by atoms with E-state index in [0.29, 0.717) is 16.7 Å². The lowest BCUT2D eigenvalue weighted by Crippen LogP contribution is -2.30. The number of amides is 1. The smallest absolute Gasteiger partial charge is 0.349 e. The van der Waals surface area contributed by atoms with Crippen molar-refractivity contribution < 1.29 is 9.21 Å². The Labute approximate surface area is 186 Å². The first-order valence-corrected chi connectivity index (χ1v) is 11.9. The first kappa shape index (κ1) is 20.0. The molecule has 1 aliphatic carbocycles. The lowest BCUT2D eigenvalue weighted by atomic mass is 9.97. The van der Waals surface area contributed by atoms with Gasteiger partial charge in [0.1, 0.15) is 10.8 Å². The van der Waals surface area contributed by atoms with Crippen LogP contribution in [0.5, 0.6) is 0 Å². The van der Waals surface area contributed by atoms with Crippen molar-refractivity contribution in [3.05, 3.63) is 70.2 Å². The number of nitrogens with one attached hydrogen (secondary N) is 1. The molecule has 0 aliphatic heterocycles. The molecule has 4 aromatic rings. The van der Waals surface area contributed by atoms with E-state index in [1.54, 1.807) is 10.8 Å². The number of thioether (sulfide) groups is 1. The third-order valence-corrected chi connectivity index (χ3v) is 7.19. The number of benzene rings is 1. The van der Waals surface area contributed by atoms with Crippen molar-refractivity contribution >= 4 is 44.4 Å². The molecule has 0 bridgehead atoms. The standard InChI is InChI=1S/C22H20N4O3S2/c27-19(24-21-23-16-8-2-4-10-18(16)31-21)13-30-20-15-7-1-3-9-17(15)26(22(28)25-20)12-14-6-5-11-29-14/h2,4-6,8,10-11H,1,3,7,9,12-13H2,(H,23,24,27). The molecule has 0 radical (unpaired) electrons. The zero-order chi connectivity index (χ0) is 21.2. The Hall–Kier alpha value is -2.91. The zero-order valence-electron chi connectivity index (χ0n) is 16.7. The summed E-state index contributed by atoms with van der Waals surface area (Å²) in [5.74, 6) is 0.749. The molecule has 3 heterocycles. The topological polar surface area (TPSA) is 90.0 Å². The molecule has 1 aromatic carbocycles. The summed E-state index contributed by atoms with van der Waals surface area (Å²) in [6.07, 6.45) is 5.40. The highest BCUT2D eigenvalue weighted by Crippen LogP contribution is 2.29. The number of rotatable bonds is 6. The number of fused-ring (bicyclic) bond motifs is 2. The number of furan rings is 1. The monoisotopic (exact) mass is 452 g/mol. The number of carbonyl (C=O) groups excluding carboxylic acids is 1. The van der Waals surface area contributed by atoms with Gasteiger partial charge < -0.3 is 9.73 Å². The number of anilines is 1. The SMILES string of the molecule is O=C(CSc1nc(=O)n(Cc2ccco2)c2c1CCCC2)Nc1nc2ccccc2s1. The quantitative estimate of drug-likeness (QED) is 0.350. The van der Waals surface area contributed by atoms with E-state index in [1.165, 1.54) is 23.1 Å². The molecule has 158 valence electrons. The molecule has 1 amide bonds. The fourth-order valence-electron chi connectivity index (χ4n) is 3.80. The van der Waals surface area contributed by atoms with Crippen LogP contribution in [-0.2, 0) is 24.2 Å². The summed E-state index contributed by atoms with van der Waals surface area (Å²) >= 11 is 2.76. The summed E-state index contributed by atoms with van der Waals surface area (Å²) < 4.78 is 8.16. The minimum atomic E-state index is -0.300. The Morgan fingerprint density at radius 3 is 2.87 bits per heavy atom. The second-order valence-corrected chi connectivity index (χ2v) is 9.32. The first-order valence-electron chi connectivity index (χ1n) is 10.1. The maximum Gasteiger partial charge on any atom is 0.349 e. The number of hydrogen-bond acceptors (Lipinski definition) is 7. The Morgan fingerprint density at radius 2 is 2.03 bits per heavy atom. The molecule has 1 N–H and O–H groups in total. The number of nitrogens with zero attached hydrogens (tertiary/aromatic N) is 3. The Bertz CT molecular complexity index is 1260. The van der Waals surface area contributed by atoms with Crippen LogP contribution in [0.25, 0.3) is 10.2 Å². The highest BCUT2D eigenvalue weighted by molar-refractivity contribution is 8.00. The number of hydrogen-bond donors (Lipinski definition) is 1. The van der Waals surface area contributed by atoms with Crippen LogP contribution in [0.15, 0.2) is 56.9 Å². The van der Waals surface area contributed by atoms with Crippen molar-refractivity contribution in [2.45, 2.75) is 37.3 Å². The fourth-order valence-corrected chi connectivity index (χ4v) is 5.56. The van der Waals surface area contributed by atoms with Crippen molar-refractivity contribution in [3.8, 4) is 0 Å². The van der Waals surface area contributed by atoms with Crippen molar-refractivity contribution in [1.82, 2.24) is 14.5 Å². The molecule has 0 fully saturated rings. The Morgan fingerprint density at radius 1 is 1.16 bits per heavy atom. The van der Waals surface area contributed by atoms with Gasteiger partial charge in [0.05, 0.1) is 28.8 Å². The van der Waals surface area contributed by atoms with Crippen molar-refractivity contribution in [2.24, 2.45) is 0 Å². The minimum absolute atomic E-state index is 0.157. The summed E-state index contributed by atoms with van der Waals surface area (Å²) in [6.45, 7) is 0.379. The number of para-hydroxylation sites is 1. The van der Waals surface area contributed by atoms with Gasteiger partial charge in [-0.1, -0.05) is 35.2 Å². The molecule has 31 heavy (non-hydrogen) atoms. The average Bonchev–Trinajstić information content (AvgIpc) is 3.43. The van der Waals surface area contributed by atoms with E-state index in [9.17, 15) is 9.59 Å². The predicted molar refractivity (Wildman–Crippen MR) is 122 cm³/mol. The van der Waals surface area contributed by atoms with Crippen LogP contribution in [0.2, 0.25) is 0 Å². The molecule has 5 rings (SSSR count). The number of thiazole rings is 1. The lowest BCUT2D eigenvalue weighted by Gasteiger charge is -2.22. The Balaban J connectivity index is 1.33. The molecule has 3 aromatic heterocycles. The summed E-state index contributed by atoms with van der Waals surface area (Å²) in [6, 6.07) is 11.4. The van der Waals surface area contributed by atoms with E-state index in [-0.39, 0.29) is 17.3 Å². The maximum atomic E-state index is 12.8. The molecule has 0 spiro atoms. The zero-order valence-corrected chi connectivity index (χ0v) is 18.3. The molecular weight excluding hydrogens is 432 g/mol. The number of carbonyl (C=O) groups is 1. The summed E-state index contributed by atoms with van der Waals surface area (Å²) in [5, 5.41) is 4.10. The summed E-state index contributed by atoms with van der Waals surface area (Å²) in [4.78, 5) is 34.0. The van der Waals surface area contributed by atoms with Gasteiger partial charge in [0.15, 0.2) is 5.13 Å². The van der Waals surface area contributed by atoms with Crippen molar-refractivity contribution in [1.29, 1.82) is 0 Å². The van der Waals surface area contributed by atoms with E-state index in [0.717, 1.165) is 52.9 Å². The third-order valence-electron chi connectivity index (χ3n) is 5.23. The van der Waals surface area contributed by atoms with Crippen molar-refractivity contribution in [3.63, 3.8) is 0 Å². The van der Waals surface area contributed by atoms with E-state index in [2.05, 4.69) is 15.3 Å². The largest absolute Gasteiger partial charge is 0.467 e. The average molecular weight is 453 g/mol. The summed E-state index contributed by atoms with van der Waals surface area (Å²) in [5.41, 5.74) is 2.66. The van der Waals surface area contributed by atoms with Crippen LogP contribution in [-0.4, -0.2) is 26.2 Å². The van der Waals surface area contributed by atoms with Gasteiger partial charge in [-0.2, -0.15) is 4.98 Å². The van der Waals surface area contributed by atoms with Crippen LogP contribution < -0.4 is 11.0 Å². The van der Waals surface area contributed by atoms with Gasteiger partial charge in [-0.15, -0.1) is 0 Å². The van der Waals surface area contributed by atoms with E-state index >= 15 is 0 Å². The minimum Gasteiger partial charge on any atom is -0.467 e. The van der Waals surface area contributed by atoms with Gasteiger partial charge in [0.2, 0.25) is 5.91 Å². The van der Waals surface area contributed by atoms with Crippen LogP contribution in [0, 0.1) is 0 Å². The van der Waals surface area contributed by atoms with Crippen LogP contribution in [0.1, 0.15) is 29.9 Å². The molecule has 7 nitrogen and oxygen atoms in total. The molecule has 1 aliphatic rings. The predicted octanol–water partition coefficient (Wildman–Crippen LogP) is 4.10. The lowest BCUT2D eigenvalue weighted by molar-refractivity contribution is -0.113. The third kappa shape index (κ3) is 4.28. The normalized spacial score (nSPS) is 13.3. The van der Waals surface area contributed by atoms with Gasteiger partial charge in [-0.25, -0.2) is 9.78 Å². The van der Waals surface area contributed by atoms with Crippen molar-refractivity contribution in [2.75, 3.05) is 11.1 Å². The van der Waals surface area contributed by atoms with Crippen LogP contribution >= 0.6 is 23.1 Å². The second kappa shape index (κ2) is 8.68. The van der Waals surface area contributed by atoms with Gasteiger partial charge in [0, 0.05) is 11.3 Å². The molecule has 9 heteroatoms. The highest BCUT2D eigenvalue weighted by Gasteiger charge is 2.22. The molecular formula is C22H20N4O3S2.